The predicted molar refractivity (Wildman–Crippen MR) is 239 cm³/mol. The number of ether oxygens (including phenoxy) is 2. The van der Waals surface area contributed by atoms with E-state index in [1.807, 2.05) is 124 Å². The van der Waals surface area contributed by atoms with Crippen LogP contribution in [0.4, 0.5) is 0 Å². The molecule has 0 heterocycles. The highest BCUT2D eigenvalue weighted by Crippen LogP contribution is 2.45. The zero-order chi connectivity index (χ0) is 43.0. The van der Waals surface area contributed by atoms with Gasteiger partial charge < -0.3 is 25.0 Å². The quantitative estimate of drug-likeness (QED) is 0.0785. The summed E-state index contributed by atoms with van der Waals surface area (Å²) in [5.41, 5.74) is 9.69. The molecule has 60 heavy (non-hydrogen) atoms. The van der Waals surface area contributed by atoms with E-state index in [-0.39, 0.29) is 37.3 Å². The van der Waals surface area contributed by atoms with Gasteiger partial charge in [0.1, 0.15) is 6.04 Å². The van der Waals surface area contributed by atoms with Gasteiger partial charge in [-0.1, -0.05) is 138 Å². The third-order valence-corrected chi connectivity index (χ3v) is 12.0. The van der Waals surface area contributed by atoms with Gasteiger partial charge in [0.15, 0.2) is 5.60 Å². The molecule has 4 atom stereocenters. The van der Waals surface area contributed by atoms with Crippen molar-refractivity contribution in [3.05, 3.63) is 177 Å². The minimum Gasteiger partial charge on any atom is -0.444 e. The van der Waals surface area contributed by atoms with E-state index in [4.69, 9.17) is 38.4 Å². The smallest absolute Gasteiger partial charge is 0.308 e. The third-order valence-electron chi connectivity index (χ3n) is 11.4. The summed E-state index contributed by atoms with van der Waals surface area (Å²) in [6, 6.07) is 40.7. The number of aryl methyl sites for hydroxylation is 1. The molecule has 0 spiro atoms. The molecule has 0 unspecified atom stereocenters. The minimum atomic E-state index is -1.42. The number of carbonyl (C=O) groups excluding carboxylic acids is 3. The summed E-state index contributed by atoms with van der Waals surface area (Å²) < 4.78 is 12.7. The number of carbonyl (C=O) groups is 3. The highest BCUT2D eigenvalue weighted by molar-refractivity contribution is 6.31. The van der Waals surface area contributed by atoms with Crippen LogP contribution in [0.15, 0.2) is 133 Å². The van der Waals surface area contributed by atoms with E-state index in [9.17, 15) is 9.59 Å². The number of likely N-dealkylation sites (N-methyl/N-ethyl adjacent to an activating group) is 2. The topological polar surface area (TPSA) is 102 Å². The van der Waals surface area contributed by atoms with Crippen molar-refractivity contribution < 1.29 is 23.9 Å². The monoisotopic (exact) mass is 847 g/mol. The SMILES string of the molecule is CN(C[C@@H](Cc1ccc(Cl)cc1)N(C)C(=O)[C@@H](N)COC(C)(C)C)C(=O)[C@@H](CC(=O)OC(c1ccccc1)(c1ccccc1)c1ccccc1Cl)[C@H]1CCc2ccccc21. The molecule has 0 aliphatic heterocycles. The summed E-state index contributed by atoms with van der Waals surface area (Å²) in [7, 11) is 3.45. The van der Waals surface area contributed by atoms with Gasteiger partial charge in [-0.05, 0) is 80.8 Å². The number of amides is 2. The summed E-state index contributed by atoms with van der Waals surface area (Å²) in [5.74, 6) is -2.10. The standard InChI is InChI=1S/C50H55Cl2N3O5/c1-49(2,3)59-33-45(53)48(58)55(5)39(30-34-24-27-38(51)28-25-34)32-54(4)47(57)42(41-29-26-35-16-12-13-21-40(35)41)31-46(56)60-50(36-17-8-6-9-18-36,37-19-10-7-11-20-37)43-22-14-15-23-44(43)52/h6-25,27-28,39,41-42,45H,26,29-33,53H2,1-5H3/t39-,41+,42+,45+/m1/s1. The van der Waals surface area contributed by atoms with Crippen molar-refractivity contribution in [3.8, 4) is 0 Å². The van der Waals surface area contributed by atoms with Crippen LogP contribution < -0.4 is 5.73 Å². The summed E-state index contributed by atoms with van der Waals surface area (Å²) in [5, 5.41) is 1.03. The van der Waals surface area contributed by atoms with Gasteiger partial charge in [-0.15, -0.1) is 0 Å². The average Bonchev–Trinajstić information content (AvgIpc) is 3.68. The van der Waals surface area contributed by atoms with Gasteiger partial charge in [0.2, 0.25) is 11.8 Å². The van der Waals surface area contributed by atoms with Crippen LogP contribution in [0.1, 0.15) is 72.9 Å². The van der Waals surface area contributed by atoms with Crippen LogP contribution in [0.3, 0.4) is 0 Å². The number of benzene rings is 5. The number of hydrogen-bond donors (Lipinski definition) is 1. The Morgan fingerprint density at radius 3 is 1.97 bits per heavy atom. The first kappa shape index (κ1) is 44.6. The Morgan fingerprint density at radius 2 is 1.35 bits per heavy atom. The van der Waals surface area contributed by atoms with Crippen LogP contribution in [0.25, 0.3) is 0 Å². The van der Waals surface area contributed by atoms with E-state index in [0.29, 0.717) is 39.6 Å². The van der Waals surface area contributed by atoms with Crippen molar-refractivity contribution in [2.45, 2.75) is 75.7 Å². The highest BCUT2D eigenvalue weighted by Gasteiger charge is 2.44. The number of rotatable bonds is 16. The lowest BCUT2D eigenvalue weighted by Crippen LogP contribution is -2.53. The van der Waals surface area contributed by atoms with E-state index in [0.717, 1.165) is 23.1 Å². The second-order valence-electron chi connectivity index (χ2n) is 16.7. The molecule has 5 aromatic rings. The van der Waals surface area contributed by atoms with E-state index in [1.165, 1.54) is 0 Å². The summed E-state index contributed by atoms with van der Waals surface area (Å²) >= 11 is 13.2. The van der Waals surface area contributed by atoms with Crippen LogP contribution in [-0.2, 0) is 42.3 Å². The lowest BCUT2D eigenvalue weighted by atomic mass is 9.79. The van der Waals surface area contributed by atoms with Gasteiger partial charge >= 0.3 is 5.97 Å². The lowest BCUT2D eigenvalue weighted by molar-refractivity contribution is -0.157. The van der Waals surface area contributed by atoms with Crippen LogP contribution in [0.5, 0.6) is 0 Å². The molecule has 1 aliphatic rings. The van der Waals surface area contributed by atoms with E-state index >= 15 is 4.79 Å². The van der Waals surface area contributed by atoms with Gasteiger partial charge in [0.25, 0.3) is 0 Å². The largest absolute Gasteiger partial charge is 0.444 e. The molecule has 0 radical (unpaired) electrons. The van der Waals surface area contributed by atoms with Gasteiger partial charge in [-0.2, -0.15) is 0 Å². The maximum Gasteiger partial charge on any atom is 0.308 e. The number of nitrogens with zero attached hydrogens (tertiary/aromatic N) is 2. The molecule has 0 aromatic heterocycles. The Labute approximate surface area is 364 Å². The number of fused-ring (bicyclic) bond motifs is 1. The molecule has 5 aromatic carbocycles. The number of halogens is 2. The summed E-state index contributed by atoms with van der Waals surface area (Å²) in [4.78, 5) is 47.1. The maximum absolute atomic E-state index is 15.1. The van der Waals surface area contributed by atoms with Crippen molar-refractivity contribution in [2.24, 2.45) is 11.7 Å². The van der Waals surface area contributed by atoms with Gasteiger partial charge in [-0.25, -0.2) is 0 Å². The number of esters is 1. The Bertz CT molecular complexity index is 2190. The van der Waals surface area contributed by atoms with Crippen LogP contribution in [0.2, 0.25) is 10.0 Å². The Balaban J connectivity index is 1.35. The first-order chi connectivity index (χ1) is 28.7. The molecule has 0 fully saturated rings. The second-order valence-corrected chi connectivity index (χ2v) is 17.5. The van der Waals surface area contributed by atoms with Crippen molar-refractivity contribution in [1.82, 2.24) is 9.80 Å². The normalized spacial score (nSPS) is 15.4. The van der Waals surface area contributed by atoms with E-state index < -0.39 is 35.2 Å². The van der Waals surface area contributed by atoms with Crippen molar-refractivity contribution in [2.75, 3.05) is 27.2 Å². The fourth-order valence-electron chi connectivity index (χ4n) is 8.30. The third kappa shape index (κ3) is 10.5. The second kappa shape index (κ2) is 19.6. The summed E-state index contributed by atoms with van der Waals surface area (Å²) in [6.45, 7) is 5.95. The molecule has 2 N–H and O–H groups in total. The summed E-state index contributed by atoms with van der Waals surface area (Å²) in [6.07, 6.45) is 1.71. The Morgan fingerprint density at radius 1 is 0.767 bits per heavy atom. The molecule has 8 nitrogen and oxygen atoms in total. The maximum atomic E-state index is 15.1. The van der Waals surface area contributed by atoms with Crippen LogP contribution in [0, 0.1) is 5.92 Å². The molecular formula is C50H55Cl2N3O5. The van der Waals surface area contributed by atoms with Crippen molar-refractivity contribution >= 4 is 41.0 Å². The molecular weight excluding hydrogens is 793 g/mol. The minimum absolute atomic E-state index is 0.0437. The molecule has 6 rings (SSSR count). The molecule has 10 heteroatoms. The van der Waals surface area contributed by atoms with Gasteiger partial charge in [0.05, 0.1) is 30.6 Å². The molecule has 1 aliphatic carbocycles. The first-order valence-electron chi connectivity index (χ1n) is 20.5. The fourth-order valence-corrected chi connectivity index (χ4v) is 8.70. The zero-order valence-electron chi connectivity index (χ0n) is 35.0. The molecule has 2 amide bonds. The molecule has 0 saturated carbocycles. The molecule has 0 saturated heterocycles. The zero-order valence-corrected chi connectivity index (χ0v) is 36.5. The lowest BCUT2D eigenvalue weighted by Gasteiger charge is -2.37. The molecule has 314 valence electrons. The Kier molecular flexibility index (Phi) is 14.6. The van der Waals surface area contributed by atoms with Crippen molar-refractivity contribution in [1.29, 1.82) is 0 Å². The average molecular weight is 849 g/mol. The number of hydrogen-bond acceptors (Lipinski definition) is 6. The van der Waals surface area contributed by atoms with Crippen LogP contribution in [-0.4, -0.2) is 72.5 Å². The van der Waals surface area contributed by atoms with E-state index in [2.05, 4.69) is 12.1 Å². The number of nitrogens with two attached hydrogens (primary N) is 1. The predicted octanol–water partition coefficient (Wildman–Crippen LogP) is 9.24. The molecule has 0 bridgehead atoms. The van der Waals surface area contributed by atoms with Crippen LogP contribution >= 0.6 is 23.2 Å². The van der Waals surface area contributed by atoms with Crippen molar-refractivity contribution in [3.63, 3.8) is 0 Å². The van der Waals surface area contributed by atoms with Gasteiger partial charge in [0, 0.05) is 47.4 Å². The van der Waals surface area contributed by atoms with Gasteiger partial charge in [-0.3, -0.25) is 14.4 Å². The fraction of sp³-hybridized carbons (Fsp3) is 0.340. The first-order valence-corrected chi connectivity index (χ1v) is 21.2. The van der Waals surface area contributed by atoms with E-state index in [1.54, 1.807) is 42.1 Å². The highest BCUT2D eigenvalue weighted by atomic mass is 35.5. The Hall–Kier alpha value is -4.99.